The van der Waals surface area contributed by atoms with E-state index in [1.165, 1.54) is 0 Å². The maximum absolute atomic E-state index is 10.4. The lowest BCUT2D eigenvalue weighted by Crippen LogP contribution is -2.36. The summed E-state index contributed by atoms with van der Waals surface area (Å²) < 4.78 is 0. The zero-order valence-corrected chi connectivity index (χ0v) is 5.11. The van der Waals surface area contributed by atoms with Crippen LogP contribution in [-0.4, -0.2) is 19.0 Å². The molecule has 1 heterocycles. The summed E-state index contributed by atoms with van der Waals surface area (Å²) in [5.74, 6) is -0.931. The predicted octanol–water partition coefficient (Wildman–Crippen LogP) is 0.0206. The third-order valence-corrected chi connectivity index (χ3v) is 1.00. The van der Waals surface area contributed by atoms with E-state index in [4.69, 9.17) is 11.6 Å². The van der Waals surface area contributed by atoms with Crippen LogP contribution in [0.5, 0.6) is 0 Å². The molecule has 1 aliphatic rings. The van der Waals surface area contributed by atoms with Crippen LogP contribution in [0.4, 0.5) is 4.79 Å². The van der Waals surface area contributed by atoms with Gasteiger partial charge < -0.3 is 5.32 Å². The smallest absolute Gasteiger partial charge is 0.287 e. The van der Waals surface area contributed by atoms with Crippen LogP contribution in [0, 0.1) is 0 Å². The Labute approximate surface area is 57.3 Å². The van der Waals surface area contributed by atoms with Crippen molar-refractivity contribution in [3.05, 3.63) is 11.0 Å². The topological polar surface area (TPSA) is 46.2 Å². The van der Waals surface area contributed by atoms with Crippen molar-refractivity contribution in [3.8, 4) is 0 Å². The minimum atomic E-state index is -0.465. The lowest BCUT2D eigenvalue weighted by Gasteiger charge is -2.04. The van der Waals surface area contributed by atoms with Gasteiger partial charge in [-0.2, -0.15) is 0 Å². The van der Waals surface area contributed by atoms with Crippen molar-refractivity contribution in [1.82, 2.24) is 5.32 Å². The average molecular weight is 142 g/mol. The van der Waals surface area contributed by atoms with Gasteiger partial charge in [0.2, 0.25) is 5.91 Å². The molecule has 0 spiro atoms. The molecular formula is C4H2BClNO2. The van der Waals surface area contributed by atoms with Crippen LogP contribution >= 0.6 is 11.6 Å². The normalized spacial score (nSPS) is 18.1. The molecule has 0 aromatic carbocycles. The highest BCUT2D eigenvalue weighted by atomic mass is 35.5. The summed E-state index contributed by atoms with van der Waals surface area (Å²) in [6.45, 7) is 0. The van der Waals surface area contributed by atoms with Gasteiger partial charge in [0.25, 0.3) is 7.28 Å². The lowest BCUT2D eigenvalue weighted by atomic mass is 9.75. The molecule has 0 aromatic heterocycles. The van der Waals surface area contributed by atoms with Crippen LogP contribution in [0.15, 0.2) is 11.0 Å². The van der Waals surface area contributed by atoms with Crippen molar-refractivity contribution in [2.75, 3.05) is 0 Å². The largest absolute Gasteiger partial charge is 0.302 e. The quantitative estimate of drug-likeness (QED) is 0.485. The minimum Gasteiger partial charge on any atom is -0.302 e. The molecule has 0 fully saturated rings. The second kappa shape index (κ2) is 2.23. The van der Waals surface area contributed by atoms with Crippen molar-refractivity contribution in [2.24, 2.45) is 0 Å². The Hall–Kier alpha value is -0.765. The maximum atomic E-state index is 10.4. The van der Waals surface area contributed by atoms with Crippen molar-refractivity contribution < 1.29 is 9.59 Å². The molecule has 0 atom stereocenters. The third kappa shape index (κ3) is 1.57. The average Bonchev–Trinajstić information content (AvgIpc) is 1.59. The number of amides is 2. The minimum absolute atomic E-state index is 0.170. The molecule has 1 radical (unpaired) electrons. The number of rotatable bonds is 0. The van der Waals surface area contributed by atoms with Crippen LogP contribution in [-0.2, 0) is 4.79 Å². The molecule has 0 aliphatic carbocycles. The second-order valence-corrected chi connectivity index (χ2v) is 1.96. The summed E-state index contributed by atoms with van der Waals surface area (Å²) in [6, 6.07) is 0. The van der Waals surface area contributed by atoms with Gasteiger partial charge in [-0.15, -0.1) is 0 Å². The van der Waals surface area contributed by atoms with Crippen molar-refractivity contribution in [3.63, 3.8) is 0 Å². The summed E-state index contributed by atoms with van der Waals surface area (Å²) in [5.41, 5.74) is 0. The Morgan fingerprint density at radius 2 is 2.22 bits per heavy atom. The first-order valence-corrected chi connectivity index (χ1v) is 2.63. The first kappa shape index (κ1) is 6.36. The fourth-order valence-electron chi connectivity index (χ4n) is 0.486. The molecular weight excluding hydrogens is 140 g/mol. The maximum Gasteiger partial charge on any atom is 0.287 e. The molecule has 1 rings (SSSR count). The van der Waals surface area contributed by atoms with Crippen LogP contribution in [0.3, 0.4) is 0 Å². The molecule has 9 heavy (non-hydrogen) atoms. The molecule has 0 saturated carbocycles. The molecule has 0 aromatic rings. The molecule has 5 heteroatoms. The van der Waals surface area contributed by atoms with Crippen molar-refractivity contribution in [1.29, 1.82) is 0 Å². The number of halogens is 1. The van der Waals surface area contributed by atoms with Gasteiger partial charge in [-0.25, -0.2) is 0 Å². The highest BCUT2D eigenvalue weighted by molar-refractivity contribution is 6.88. The Morgan fingerprint density at radius 3 is 2.67 bits per heavy atom. The highest BCUT2D eigenvalue weighted by Crippen LogP contribution is 2.01. The first-order chi connectivity index (χ1) is 4.18. The van der Waals surface area contributed by atoms with Gasteiger partial charge in [-0.05, 0) is 4.93 Å². The van der Waals surface area contributed by atoms with Gasteiger partial charge in [-0.3, -0.25) is 9.59 Å². The van der Waals surface area contributed by atoms with E-state index in [2.05, 4.69) is 0 Å². The predicted molar refractivity (Wildman–Crippen MR) is 33.2 cm³/mol. The Morgan fingerprint density at radius 1 is 1.56 bits per heavy atom. The molecule has 3 nitrogen and oxygen atoms in total. The van der Waals surface area contributed by atoms with E-state index in [-0.39, 0.29) is 4.93 Å². The van der Waals surface area contributed by atoms with Gasteiger partial charge in [0.05, 0.1) is 0 Å². The van der Waals surface area contributed by atoms with Crippen LogP contribution in [0.2, 0.25) is 0 Å². The standard InChI is InChI=1S/C4H2BClNO2/c6-2-1-3(8)7-4(9)5-2/h1H,(H,7,8,9). The number of hydrogen-bond donors (Lipinski definition) is 1. The molecule has 1 aliphatic heterocycles. The van der Waals surface area contributed by atoms with E-state index >= 15 is 0 Å². The van der Waals surface area contributed by atoms with Crippen LogP contribution in [0.25, 0.3) is 0 Å². The van der Waals surface area contributed by atoms with Gasteiger partial charge in [-0.1, -0.05) is 11.6 Å². The summed E-state index contributed by atoms with van der Waals surface area (Å²) in [6.07, 6.45) is 1.14. The van der Waals surface area contributed by atoms with E-state index in [1.807, 2.05) is 5.32 Å². The van der Waals surface area contributed by atoms with Crippen molar-refractivity contribution >= 4 is 30.6 Å². The Kier molecular flexibility index (Phi) is 1.57. The number of hydrogen-bond acceptors (Lipinski definition) is 2. The van der Waals surface area contributed by atoms with Gasteiger partial charge in [0.1, 0.15) is 0 Å². The number of carbonyl (C=O) groups is 2. The van der Waals surface area contributed by atoms with Gasteiger partial charge in [0.15, 0.2) is 5.81 Å². The third-order valence-electron chi connectivity index (χ3n) is 0.784. The zero-order valence-electron chi connectivity index (χ0n) is 4.35. The number of imide groups is 1. The highest BCUT2D eigenvalue weighted by Gasteiger charge is 2.15. The molecule has 0 saturated heterocycles. The summed E-state index contributed by atoms with van der Waals surface area (Å²) in [7, 11) is 1.14. The van der Waals surface area contributed by atoms with Crippen LogP contribution in [0.1, 0.15) is 0 Å². The first-order valence-electron chi connectivity index (χ1n) is 2.25. The molecule has 45 valence electrons. The molecule has 2 amide bonds. The SMILES string of the molecule is O=C1[B]C(Cl)=CC(=O)N1. The number of nitrogens with one attached hydrogen (secondary N) is 1. The molecule has 0 bridgehead atoms. The van der Waals surface area contributed by atoms with E-state index < -0.39 is 11.7 Å². The van der Waals surface area contributed by atoms with E-state index in [1.54, 1.807) is 0 Å². The molecule has 1 N–H and O–H groups in total. The lowest BCUT2D eigenvalue weighted by molar-refractivity contribution is -0.115. The summed E-state index contributed by atoms with van der Waals surface area (Å²) >= 11 is 5.33. The fourth-order valence-corrected chi connectivity index (χ4v) is 0.684. The zero-order chi connectivity index (χ0) is 6.85. The van der Waals surface area contributed by atoms with Crippen LogP contribution < -0.4 is 5.32 Å². The van der Waals surface area contributed by atoms with Gasteiger partial charge >= 0.3 is 0 Å². The van der Waals surface area contributed by atoms with Gasteiger partial charge in [0, 0.05) is 6.08 Å². The van der Waals surface area contributed by atoms with E-state index in [0.717, 1.165) is 13.4 Å². The summed E-state index contributed by atoms with van der Waals surface area (Å²) in [5, 5.41) is 2.02. The second-order valence-electron chi connectivity index (χ2n) is 1.53. The fraction of sp³-hybridized carbons (Fsp3) is 0. The number of carbonyl (C=O) groups excluding carboxylic acids is 2. The Balaban J connectivity index is 2.79. The summed E-state index contributed by atoms with van der Waals surface area (Å²) in [4.78, 5) is 20.9. The monoisotopic (exact) mass is 142 g/mol. The van der Waals surface area contributed by atoms with Crippen molar-refractivity contribution in [2.45, 2.75) is 0 Å². The van der Waals surface area contributed by atoms with E-state index in [9.17, 15) is 9.59 Å². The molecule has 0 unspecified atom stereocenters. The Bertz CT molecular complexity index is 201. The van der Waals surface area contributed by atoms with E-state index in [0.29, 0.717) is 0 Å².